The summed E-state index contributed by atoms with van der Waals surface area (Å²) >= 11 is 0. The molecule has 0 atom stereocenters. The molecule has 1 saturated heterocycles. The number of halogens is 1. The van der Waals surface area contributed by atoms with E-state index in [1.54, 1.807) is 0 Å². The van der Waals surface area contributed by atoms with Crippen LogP contribution in [0.1, 0.15) is 41.6 Å². The number of para-hydroxylation sites is 1. The standard InChI is InChI=1S/C25H29FN2O5/c1-28(13-16-33-19-5-3-2-4-6-19)25(11-14-32-15-12-25)23(31)27-24(9-10-24)20-8-7-18(22(29)30)17-21(20)26/h2-8,17H,9-16H2,1H3,(H,27,31)(H,29,30). The van der Waals surface area contributed by atoms with Gasteiger partial charge in [0.15, 0.2) is 0 Å². The largest absolute Gasteiger partial charge is 0.492 e. The fourth-order valence-electron chi connectivity index (χ4n) is 4.48. The molecular weight excluding hydrogens is 427 g/mol. The van der Waals surface area contributed by atoms with Crippen molar-refractivity contribution in [1.29, 1.82) is 0 Å². The van der Waals surface area contributed by atoms with Gasteiger partial charge in [-0.15, -0.1) is 0 Å². The summed E-state index contributed by atoms with van der Waals surface area (Å²) in [6.45, 7) is 1.89. The summed E-state index contributed by atoms with van der Waals surface area (Å²) < 4.78 is 26.1. The molecule has 2 fully saturated rings. The van der Waals surface area contributed by atoms with Crippen LogP contribution in [0.4, 0.5) is 4.39 Å². The monoisotopic (exact) mass is 456 g/mol. The van der Waals surface area contributed by atoms with Gasteiger partial charge in [-0.1, -0.05) is 24.3 Å². The summed E-state index contributed by atoms with van der Waals surface area (Å²) in [5.41, 5.74) is -1.37. The van der Waals surface area contributed by atoms with Crippen molar-refractivity contribution < 1.29 is 28.6 Å². The number of carbonyl (C=O) groups excluding carboxylic acids is 1. The number of nitrogens with one attached hydrogen (secondary N) is 1. The molecule has 1 heterocycles. The van der Waals surface area contributed by atoms with Crippen molar-refractivity contribution in [2.75, 3.05) is 33.4 Å². The number of nitrogens with zero attached hydrogens (tertiary/aromatic N) is 1. The first-order valence-electron chi connectivity index (χ1n) is 11.2. The van der Waals surface area contributed by atoms with Gasteiger partial charge in [-0.2, -0.15) is 0 Å². The van der Waals surface area contributed by atoms with E-state index in [4.69, 9.17) is 14.6 Å². The molecule has 2 N–H and O–H groups in total. The highest BCUT2D eigenvalue weighted by Gasteiger charge is 2.52. The topological polar surface area (TPSA) is 88.1 Å². The van der Waals surface area contributed by atoms with Gasteiger partial charge in [-0.3, -0.25) is 9.69 Å². The summed E-state index contributed by atoms with van der Waals surface area (Å²) in [5, 5.41) is 12.2. The van der Waals surface area contributed by atoms with Crippen molar-refractivity contribution in [2.45, 2.75) is 36.8 Å². The van der Waals surface area contributed by atoms with Gasteiger partial charge >= 0.3 is 5.97 Å². The Hall–Kier alpha value is -2.97. The fraction of sp³-hybridized carbons (Fsp3) is 0.440. The SMILES string of the molecule is CN(CCOc1ccccc1)C1(C(=O)NC2(c3ccc(C(=O)O)cc3F)CC2)CCOCC1. The highest BCUT2D eigenvalue weighted by Crippen LogP contribution is 2.47. The number of aromatic carboxylic acids is 1. The number of hydrogen-bond acceptors (Lipinski definition) is 5. The molecule has 0 unspecified atom stereocenters. The maximum atomic E-state index is 14.8. The Balaban J connectivity index is 1.48. The molecule has 0 bridgehead atoms. The average molecular weight is 457 g/mol. The lowest BCUT2D eigenvalue weighted by Gasteiger charge is -2.43. The van der Waals surface area contributed by atoms with E-state index in [-0.39, 0.29) is 11.5 Å². The highest BCUT2D eigenvalue weighted by atomic mass is 19.1. The Morgan fingerprint density at radius 1 is 1.12 bits per heavy atom. The van der Waals surface area contributed by atoms with Gasteiger partial charge in [0.2, 0.25) is 5.91 Å². The van der Waals surface area contributed by atoms with E-state index in [0.717, 1.165) is 11.8 Å². The Kier molecular flexibility index (Phi) is 6.67. The van der Waals surface area contributed by atoms with E-state index in [1.165, 1.54) is 12.1 Å². The summed E-state index contributed by atoms with van der Waals surface area (Å²) in [6, 6.07) is 13.4. The molecule has 0 radical (unpaired) electrons. The zero-order valence-electron chi connectivity index (χ0n) is 18.7. The second-order valence-corrected chi connectivity index (χ2v) is 8.76. The molecule has 1 saturated carbocycles. The van der Waals surface area contributed by atoms with Gasteiger partial charge in [0.1, 0.15) is 23.7 Å². The van der Waals surface area contributed by atoms with Crippen molar-refractivity contribution >= 4 is 11.9 Å². The van der Waals surface area contributed by atoms with Crippen LogP contribution < -0.4 is 10.1 Å². The Morgan fingerprint density at radius 2 is 1.82 bits per heavy atom. The minimum absolute atomic E-state index is 0.113. The summed E-state index contributed by atoms with van der Waals surface area (Å²) in [6.07, 6.45) is 2.26. The predicted octanol–water partition coefficient (Wildman–Crippen LogP) is 3.19. The van der Waals surface area contributed by atoms with E-state index in [1.807, 2.05) is 42.3 Å². The zero-order valence-corrected chi connectivity index (χ0v) is 18.7. The van der Waals surface area contributed by atoms with Crippen LogP contribution in [0.2, 0.25) is 0 Å². The number of rotatable bonds is 9. The number of ether oxygens (including phenoxy) is 2. The second kappa shape index (κ2) is 9.49. The third kappa shape index (κ3) is 4.86. The molecule has 0 aromatic heterocycles. The lowest BCUT2D eigenvalue weighted by atomic mass is 9.86. The first kappa shape index (κ1) is 23.2. The number of carboxylic acids is 1. The number of likely N-dealkylation sites (N-methyl/N-ethyl adjacent to an activating group) is 1. The zero-order chi connectivity index (χ0) is 23.5. The molecule has 1 aliphatic heterocycles. The third-order valence-electron chi connectivity index (χ3n) is 6.75. The van der Waals surface area contributed by atoms with Crippen molar-refractivity contribution in [3.05, 3.63) is 65.5 Å². The Bertz CT molecular complexity index is 1000. The molecule has 1 amide bonds. The summed E-state index contributed by atoms with van der Waals surface area (Å²) in [7, 11) is 1.90. The van der Waals surface area contributed by atoms with Gasteiger partial charge in [0.05, 0.1) is 11.1 Å². The Morgan fingerprint density at radius 3 is 2.42 bits per heavy atom. The summed E-state index contributed by atoms with van der Waals surface area (Å²) in [5.74, 6) is -1.19. The number of carbonyl (C=O) groups is 2. The molecule has 33 heavy (non-hydrogen) atoms. The van der Waals surface area contributed by atoms with Crippen LogP contribution in [-0.2, 0) is 15.1 Å². The first-order chi connectivity index (χ1) is 15.9. The van der Waals surface area contributed by atoms with Crippen LogP contribution in [0.3, 0.4) is 0 Å². The quantitative estimate of drug-likeness (QED) is 0.603. The van der Waals surface area contributed by atoms with Crippen LogP contribution >= 0.6 is 0 Å². The molecule has 4 rings (SSSR count). The normalized spacial score (nSPS) is 18.5. The highest BCUT2D eigenvalue weighted by molar-refractivity contribution is 5.89. The molecule has 176 valence electrons. The van der Waals surface area contributed by atoms with Crippen molar-refractivity contribution in [3.63, 3.8) is 0 Å². The summed E-state index contributed by atoms with van der Waals surface area (Å²) in [4.78, 5) is 26.8. The molecule has 0 spiro atoms. The van der Waals surface area contributed by atoms with Gasteiger partial charge in [0, 0.05) is 25.3 Å². The van der Waals surface area contributed by atoms with Gasteiger partial charge in [0.25, 0.3) is 0 Å². The van der Waals surface area contributed by atoms with E-state index in [0.29, 0.717) is 57.6 Å². The van der Waals surface area contributed by atoms with Gasteiger partial charge < -0.3 is 19.9 Å². The molecule has 2 aromatic rings. The molecule has 7 nitrogen and oxygen atoms in total. The third-order valence-corrected chi connectivity index (χ3v) is 6.75. The number of amides is 1. The van der Waals surface area contributed by atoms with Crippen molar-refractivity contribution in [2.24, 2.45) is 0 Å². The Labute approximate surface area is 192 Å². The fourth-order valence-corrected chi connectivity index (χ4v) is 4.48. The van der Waals surface area contributed by atoms with E-state index >= 15 is 0 Å². The van der Waals surface area contributed by atoms with E-state index in [2.05, 4.69) is 5.32 Å². The minimum Gasteiger partial charge on any atom is -0.492 e. The maximum Gasteiger partial charge on any atom is 0.335 e. The smallest absolute Gasteiger partial charge is 0.335 e. The number of hydrogen-bond donors (Lipinski definition) is 2. The van der Waals surface area contributed by atoms with Crippen LogP contribution in [0.25, 0.3) is 0 Å². The average Bonchev–Trinajstić information content (AvgIpc) is 3.60. The van der Waals surface area contributed by atoms with Crippen LogP contribution in [0.15, 0.2) is 48.5 Å². The van der Waals surface area contributed by atoms with Crippen molar-refractivity contribution in [1.82, 2.24) is 10.2 Å². The van der Waals surface area contributed by atoms with Crippen molar-refractivity contribution in [3.8, 4) is 5.75 Å². The predicted molar refractivity (Wildman–Crippen MR) is 120 cm³/mol. The second-order valence-electron chi connectivity index (χ2n) is 8.76. The molecule has 2 aromatic carbocycles. The van der Waals surface area contributed by atoms with E-state index in [9.17, 15) is 14.0 Å². The molecule has 8 heteroatoms. The number of benzene rings is 2. The van der Waals surface area contributed by atoms with Crippen LogP contribution in [-0.4, -0.2) is 60.8 Å². The first-order valence-corrected chi connectivity index (χ1v) is 11.2. The lowest BCUT2D eigenvalue weighted by molar-refractivity contribution is -0.140. The number of carboxylic acid groups (broad SMARTS) is 1. The van der Waals surface area contributed by atoms with Crippen LogP contribution in [0.5, 0.6) is 5.75 Å². The van der Waals surface area contributed by atoms with Gasteiger partial charge in [-0.25, -0.2) is 9.18 Å². The van der Waals surface area contributed by atoms with E-state index < -0.39 is 22.9 Å². The molecule has 1 aliphatic carbocycles. The molecular formula is C25H29FN2O5. The maximum absolute atomic E-state index is 14.8. The lowest BCUT2D eigenvalue weighted by Crippen LogP contribution is -2.62. The van der Waals surface area contributed by atoms with Crippen LogP contribution in [0, 0.1) is 5.82 Å². The van der Waals surface area contributed by atoms with Gasteiger partial charge in [-0.05, 0) is 57.0 Å². The molecule has 2 aliphatic rings. The minimum atomic E-state index is -1.19.